The highest BCUT2D eigenvalue weighted by Crippen LogP contribution is 2.32. The van der Waals surface area contributed by atoms with Gasteiger partial charge in [-0.15, -0.1) is 6.58 Å². The number of ether oxygens (including phenoxy) is 1. The number of hydrogen-bond acceptors (Lipinski definition) is 3. The van der Waals surface area contributed by atoms with E-state index in [0.717, 1.165) is 5.56 Å². The van der Waals surface area contributed by atoms with Gasteiger partial charge in [-0.3, -0.25) is 9.59 Å². The van der Waals surface area contributed by atoms with Crippen molar-refractivity contribution in [2.24, 2.45) is 5.41 Å². The number of carbonyl (C=O) groups is 2. The second kappa shape index (κ2) is 7.31. The van der Waals surface area contributed by atoms with Crippen molar-refractivity contribution in [3.05, 3.63) is 35.4 Å². The van der Waals surface area contributed by atoms with Crippen LogP contribution in [0.15, 0.2) is 24.8 Å². The van der Waals surface area contributed by atoms with Crippen molar-refractivity contribution < 1.29 is 14.3 Å². The number of halogens is 1. The van der Waals surface area contributed by atoms with E-state index in [2.05, 4.69) is 17.2 Å². The summed E-state index contributed by atoms with van der Waals surface area (Å²) in [6.45, 7) is 8.75. The third kappa shape index (κ3) is 4.01. The number of rotatable bonds is 6. The fraction of sp³-hybridized carbons (Fsp3) is 0.375. The minimum atomic E-state index is -1.23. The molecule has 0 spiro atoms. The lowest BCUT2D eigenvalue weighted by molar-refractivity contribution is -0.138. The Balaban J connectivity index is 2.99. The maximum atomic E-state index is 12.4. The van der Waals surface area contributed by atoms with Crippen LogP contribution in [0, 0.1) is 12.3 Å². The summed E-state index contributed by atoms with van der Waals surface area (Å²) in [5, 5.41) is 5.88. The normalized spacial score (nSPS) is 10.8. The van der Waals surface area contributed by atoms with Crippen LogP contribution in [0.1, 0.15) is 19.4 Å². The van der Waals surface area contributed by atoms with Crippen LogP contribution in [0.4, 0.5) is 5.69 Å². The molecule has 0 heterocycles. The fourth-order valence-corrected chi connectivity index (χ4v) is 1.85. The third-order valence-corrected chi connectivity index (χ3v) is 3.68. The summed E-state index contributed by atoms with van der Waals surface area (Å²) in [7, 11) is 1.48. The fourth-order valence-electron chi connectivity index (χ4n) is 1.70. The monoisotopic (exact) mass is 324 g/mol. The highest BCUT2D eigenvalue weighted by Gasteiger charge is 2.36. The minimum Gasteiger partial charge on any atom is -0.495 e. The molecule has 1 aromatic carbocycles. The Bertz CT molecular complexity index is 597. The van der Waals surface area contributed by atoms with Gasteiger partial charge in [0.15, 0.2) is 0 Å². The molecule has 0 atom stereocenters. The van der Waals surface area contributed by atoms with Crippen molar-refractivity contribution in [3.63, 3.8) is 0 Å². The Kier molecular flexibility index (Phi) is 6.00. The van der Waals surface area contributed by atoms with E-state index in [1.165, 1.54) is 7.11 Å². The van der Waals surface area contributed by atoms with E-state index < -0.39 is 11.3 Å². The van der Waals surface area contributed by atoms with E-state index in [1.54, 1.807) is 32.1 Å². The molecular weight excluding hydrogens is 304 g/mol. The number of methoxy groups -OCH3 is 1. The van der Waals surface area contributed by atoms with Gasteiger partial charge in [0, 0.05) is 17.6 Å². The van der Waals surface area contributed by atoms with Crippen molar-refractivity contribution in [2.75, 3.05) is 19.0 Å². The van der Waals surface area contributed by atoms with Crippen LogP contribution in [0.5, 0.6) is 5.75 Å². The van der Waals surface area contributed by atoms with Crippen molar-refractivity contribution in [1.29, 1.82) is 0 Å². The first-order valence-electron chi connectivity index (χ1n) is 6.78. The predicted octanol–water partition coefficient (Wildman–Crippen LogP) is 2.92. The molecule has 1 aromatic rings. The lowest BCUT2D eigenvalue weighted by Gasteiger charge is -2.23. The van der Waals surface area contributed by atoms with Crippen LogP contribution in [-0.4, -0.2) is 25.5 Å². The zero-order chi connectivity index (χ0) is 16.9. The highest BCUT2D eigenvalue weighted by atomic mass is 35.5. The number of nitrogens with one attached hydrogen (secondary N) is 2. The molecular formula is C16H21ClN2O3. The Labute approximate surface area is 135 Å². The molecule has 0 saturated heterocycles. The van der Waals surface area contributed by atoms with Gasteiger partial charge in [0.2, 0.25) is 11.8 Å². The smallest absolute Gasteiger partial charge is 0.239 e. The molecule has 1 rings (SSSR count). The van der Waals surface area contributed by atoms with Gasteiger partial charge in [-0.2, -0.15) is 0 Å². The lowest BCUT2D eigenvalue weighted by Crippen LogP contribution is -2.45. The van der Waals surface area contributed by atoms with Crippen LogP contribution in [0.25, 0.3) is 0 Å². The maximum absolute atomic E-state index is 12.4. The topological polar surface area (TPSA) is 67.4 Å². The quantitative estimate of drug-likeness (QED) is 0.624. The number of carbonyl (C=O) groups excluding carboxylic acids is 2. The molecule has 120 valence electrons. The summed E-state index contributed by atoms with van der Waals surface area (Å²) in [5.41, 5.74) is 0.0346. The molecule has 0 bridgehead atoms. The van der Waals surface area contributed by atoms with E-state index in [0.29, 0.717) is 23.0 Å². The first kappa shape index (κ1) is 18.0. The molecule has 0 aliphatic rings. The molecule has 0 aromatic heterocycles. The SMILES string of the molecule is C=CCNC(=O)C(C)(C)C(=O)Nc1cc(C)c(Cl)cc1OC. The Morgan fingerprint density at radius 3 is 2.55 bits per heavy atom. The van der Waals surface area contributed by atoms with E-state index in [1.807, 2.05) is 6.92 Å². The number of aryl methyl sites for hydroxylation is 1. The van der Waals surface area contributed by atoms with Crippen LogP contribution in [0.3, 0.4) is 0 Å². The average molecular weight is 325 g/mol. The summed E-state index contributed by atoms with van der Waals surface area (Å²) in [6, 6.07) is 3.33. The highest BCUT2D eigenvalue weighted by molar-refractivity contribution is 6.31. The summed E-state index contributed by atoms with van der Waals surface area (Å²) in [6.07, 6.45) is 1.55. The molecule has 22 heavy (non-hydrogen) atoms. The van der Waals surface area contributed by atoms with Gasteiger partial charge in [-0.25, -0.2) is 0 Å². The van der Waals surface area contributed by atoms with E-state index in [4.69, 9.17) is 16.3 Å². The maximum Gasteiger partial charge on any atom is 0.239 e. The van der Waals surface area contributed by atoms with Gasteiger partial charge in [0.1, 0.15) is 11.2 Å². The summed E-state index contributed by atoms with van der Waals surface area (Å²) in [5.74, 6) is -0.380. The van der Waals surface area contributed by atoms with Gasteiger partial charge in [0.25, 0.3) is 0 Å². The largest absolute Gasteiger partial charge is 0.495 e. The first-order valence-corrected chi connectivity index (χ1v) is 7.16. The van der Waals surface area contributed by atoms with Crippen molar-refractivity contribution in [2.45, 2.75) is 20.8 Å². The standard InChI is InChI=1S/C16H21ClN2O3/c1-6-7-18-14(20)16(3,4)15(21)19-12-8-10(2)11(17)9-13(12)22-5/h6,8-9H,1,7H2,2-5H3,(H,18,20)(H,19,21). The van der Waals surface area contributed by atoms with Crippen molar-refractivity contribution in [3.8, 4) is 5.75 Å². The molecule has 6 heteroatoms. The summed E-state index contributed by atoms with van der Waals surface area (Å²) >= 11 is 6.03. The Morgan fingerprint density at radius 1 is 1.36 bits per heavy atom. The summed E-state index contributed by atoms with van der Waals surface area (Å²) < 4.78 is 5.21. The van der Waals surface area contributed by atoms with Crippen molar-refractivity contribution >= 4 is 29.1 Å². The van der Waals surface area contributed by atoms with Crippen LogP contribution >= 0.6 is 11.6 Å². The Morgan fingerprint density at radius 2 is 2.00 bits per heavy atom. The molecule has 2 N–H and O–H groups in total. The molecule has 0 fully saturated rings. The van der Waals surface area contributed by atoms with Gasteiger partial charge in [-0.1, -0.05) is 17.7 Å². The minimum absolute atomic E-state index is 0.304. The number of amides is 2. The molecule has 0 saturated carbocycles. The predicted molar refractivity (Wildman–Crippen MR) is 88.4 cm³/mol. The number of benzene rings is 1. The van der Waals surface area contributed by atoms with E-state index in [9.17, 15) is 9.59 Å². The van der Waals surface area contributed by atoms with Crippen LogP contribution in [-0.2, 0) is 9.59 Å². The second-order valence-electron chi connectivity index (χ2n) is 5.38. The van der Waals surface area contributed by atoms with Gasteiger partial charge in [-0.05, 0) is 32.4 Å². The zero-order valence-corrected chi connectivity index (χ0v) is 14.0. The molecule has 0 unspecified atom stereocenters. The second-order valence-corrected chi connectivity index (χ2v) is 5.79. The number of hydrogen-bond donors (Lipinski definition) is 2. The van der Waals surface area contributed by atoms with E-state index >= 15 is 0 Å². The molecule has 0 radical (unpaired) electrons. The molecule has 5 nitrogen and oxygen atoms in total. The molecule has 0 aliphatic carbocycles. The number of anilines is 1. The first-order chi connectivity index (χ1) is 10.2. The van der Waals surface area contributed by atoms with Crippen molar-refractivity contribution in [1.82, 2.24) is 5.32 Å². The van der Waals surface area contributed by atoms with Gasteiger partial charge < -0.3 is 15.4 Å². The molecule has 2 amide bonds. The van der Waals surface area contributed by atoms with Gasteiger partial charge >= 0.3 is 0 Å². The summed E-state index contributed by atoms with van der Waals surface area (Å²) in [4.78, 5) is 24.5. The van der Waals surface area contributed by atoms with Crippen LogP contribution in [0.2, 0.25) is 5.02 Å². The lowest BCUT2D eigenvalue weighted by atomic mass is 9.91. The van der Waals surface area contributed by atoms with E-state index in [-0.39, 0.29) is 5.91 Å². The van der Waals surface area contributed by atoms with Crippen LogP contribution < -0.4 is 15.4 Å². The molecule has 0 aliphatic heterocycles. The average Bonchev–Trinajstić information content (AvgIpc) is 2.47. The zero-order valence-electron chi connectivity index (χ0n) is 13.2. The third-order valence-electron chi connectivity index (χ3n) is 3.27. The van der Waals surface area contributed by atoms with Gasteiger partial charge in [0.05, 0.1) is 12.8 Å². The Hall–Kier alpha value is -2.01.